The molecule has 124 valence electrons. The van der Waals surface area contributed by atoms with Gasteiger partial charge in [0, 0.05) is 17.2 Å². The van der Waals surface area contributed by atoms with Crippen LogP contribution in [0.5, 0.6) is 11.5 Å². The minimum absolute atomic E-state index is 0.0219. The van der Waals surface area contributed by atoms with E-state index in [1.165, 1.54) is 6.07 Å². The zero-order chi connectivity index (χ0) is 18.0. The van der Waals surface area contributed by atoms with Crippen LogP contribution in [0.25, 0.3) is 0 Å². The number of phenols is 2. The first kappa shape index (κ1) is 16.5. The Bertz CT molecular complexity index is 959. The van der Waals surface area contributed by atoms with Crippen molar-refractivity contribution in [2.45, 2.75) is 6.92 Å². The van der Waals surface area contributed by atoms with E-state index >= 15 is 0 Å². The van der Waals surface area contributed by atoms with Crippen molar-refractivity contribution < 1.29 is 19.8 Å². The van der Waals surface area contributed by atoms with Gasteiger partial charge in [0.05, 0.1) is 11.1 Å². The summed E-state index contributed by atoms with van der Waals surface area (Å²) in [5.74, 6) is -1.56. The molecule has 0 fully saturated rings. The fourth-order valence-electron chi connectivity index (χ4n) is 2.66. The molecule has 0 saturated heterocycles. The lowest BCUT2D eigenvalue weighted by Gasteiger charge is -2.10. The van der Waals surface area contributed by atoms with Gasteiger partial charge in [0.25, 0.3) is 0 Å². The van der Waals surface area contributed by atoms with Crippen LogP contribution in [0.15, 0.2) is 66.7 Å². The summed E-state index contributed by atoms with van der Waals surface area (Å²) in [6, 6.07) is 17.7. The number of ketones is 2. The molecule has 3 rings (SSSR count). The van der Waals surface area contributed by atoms with E-state index in [4.69, 9.17) is 0 Å². The lowest BCUT2D eigenvalue weighted by molar-refractivity contribution is 0.103. The lowest BCUT2D eigenvalue weighted by Crippen LogP contribution is -2.08. The maximum Gasteiger partial charge on any atom is 0.197 e. The molecule has 0 aliphatic carbocycles. The Kier molecular flexibility index (Phi) is 4.35. The molecule has 3 aromatic rings. The van der Waals surface area contributed by atoms with Crippen LogP contribution in [0, 0.1) is 6.92 Å². The molecule has 0 bridgehead atoms. The van der Waals surface area contributed by atoms with Crippen LogP contribution in [0.3, 0.4) is 0 Å². The van der Waals surface area contributed by atoms with Crippen molar-refractivity contribution in [3.63, 3.8) is 0 Å². The molecule has 0 aromatic heterocycles. The van der Waals surface area contributed by atoms with Gasteiger partial charge in [0.1, 0.15) is 11.5 Å². The van der Waals surface area contributed by atoms with Gasteiger partial charge < -0.3 is 10.2 Å². The van der Waals surface area contributed by atoms with Gasteiger partial charge in [-0.3, -0.25) is 9.59 Å². The van der Waals surface area contributed by atoms with Crippen molar-refractivity contribution in [3.05, 3.63) is 94.5 Å². The number of carbonyl (C=O) groups excluding carboxylic acids is 2. The molecule has 0 spiro atoms. The second-order valence-electron chi connectivity index (χ2n) is 5.73. The number of aromatic hydroxyl groups is 2. The Morgan fingerprint density at radius 3 is 1.88 bits per heavy atom. The van der Waals surface area contributed by atoms with Gasteiger partial charge in [-0.25, -0.2) is 0 Å². The summed E-state index contributed by atoms with van der Waals surface area (Å²) in [5, 5.41) is 20.2. The highest BCUT2D eigenvalue weighted by molar-refractivity contribution is 6.15. The zero-order valence-electron chi connectivity index (χ0n) is 13.6. The molecule has 0 aliphatic heterocycles. The maximum absolute atomic E-state index is 12.8. The molecule has 25 heavy (non-hydrogen) atoms. The van der Waals surface area contributed by atoms with Crippen LogP contribution in [0.1, 0.15) is 37.4 Å². The summed E-state index contributed by atoms with van der Waals surface area (Å²) in [4.78, 5) is 25.4. The molecule has 4 heteroatoms. The van der Waals surface area contributed by atoms with Crippen molar-refractivity contribution in [1.29, 1.82) is 0 Å². The predicted octanol–water partition coefficient (Wildman–Crippen LogP) is 3.87. The van der Waals surface area contributed by atoms with Crippen molar-refractivity contribution >= 4 is 11.6 Å². The molecular formula is C21H16O4. The Hall–Kier alpha value is -3.40. The van der Waals surface area contributed by atoms with Crippen LogP contribution in [0.4, 0.5) is 0 Å². The van der Waals surface area contributed by atoms with Crippen molar-refractivity contribution in [2.24, 2.45) is 0 Å². The number of hydrogen-bond acceptors (Lipinski definition) is 4. The smallest absolute Gasteiger partial charge is 0.197 e. The molecule has 0 unspecified atom stereocenters. The van der Waals surface area contributed by atoms with E-state index < -0.39 is 11.6 Å². The van der Waals surface area contributed by atoms with E-state index in [0.29, 0.717) is 11.1 Å². The van der Waals surface area contributed by atoms with Crippen molar-refractivity contribution in [3.8, 4) is 11.5 Å². The van der Waals surface area contributed by atoms with Gasteiger partial charge >= 0.3 is 0 Å². The number of benzene rings is 3. The van der Waals surface area contributed by atoms with Gasteiger partial charge in [0.15, 0.2) is 11.6 Å². The molecule has 3 aromatic carbocycles. The topological polar surface area (TPSA) is 74.6 Å². The largest absolute Gasteiger partial charge is 0.507 e. The standard InChI is InChI=1S/C21H16O4/c1-13-7-5-6-10-15(13)21(25)17-11-16(18(22)12-19(17)23)20(24)14-8-3-2-4-9-14/h2-12,22-23H,1H3. The highest BCUT2D eigenvalue weighted by atomic mass is 16.3. The molecule has 4 nitrogen and oxygen atoms in total. The maximum atomic E-state index is 12.8. The molecule has 0 amide bonds. The Balaban J connectivity index is 2.09. The average molecular weight is 332 g/mol. The van der Waals surface area contributed by atoms with E-state index in [1.807, 2.05) is 6.07 Å². The minimum atomic E-state index is -0.420. The predicted molar refractivity (Wildman–Crippen MR) is 94.3 cm³/mol. The third kappa shape index (κ3) is 3.15. The van der Waals surface area contributed by atoms with Crippen LogP contribution in [-0.4, -0.2) is 21.8 Å². The highest BCUT2D eigenvalue weighted by Gasteiger charge is 2.21. The summed E-state index contributed by atoms with van der Waals surface area (Å²) >= 11 is 0. The summed E-state index contributed by atoms with van der Waals surface area (Å²) in [6.07, 6.45) is 0. The normalized spacial score (nSPS) is 10.4. The van der Waals surface area contributed by atoms with E-state index in [0.717, 1.165) is 11.6 Å². The first-order valence-electron chi connectivity index (χ1n) is 7.75. The second-order valence-corrected chi connectivity index (χ2v) is 5.73. The van der Waals surface area contributed by atoms with Crippen LogP contribution in [-0.2, 0) is 0 Å². The third-order valence-corrected chi connectivity index (χ3v) is 4.03. The second kappa shape index (κ2) is 6.61. The van der Waals surface area contributed by atoms with E-state index in [1.54, 1.807) is 55.5 Å². The van der Waals surface area contributed by atoms with E-state index in [-0.39, 0.29) is 22.6 Å². The van der Waals surface area contributed by atoms with Gasteiger partial charge in [-0.2, -0.15) is 0 Å². The molecular weight excluding hydrogens is 316 g/mol. The van der Waals surface area contributed by atoms with Gasteiger partial charge in [0.2, 0.25) is 0 Å². The van der Waals surface area contributed by atoms with Crippen molar-refractivity contribution in [2.75, 3.05) is 0 Å². The molecule has 0 heterocycles. The monoisotopic (exact) mass is 332 g/mol. The molecule has 0 saturated carbocycles. The number of aryl methyl sites for hydroxylation is 1. The first-order valence-corrected chi connectivity index (χ1v) is 7.75. The summed E-state index contributed by atoms with van der Waals surface area (Å²) < 4.78 is 0. The van der Waals surface area contributed by atoms with E-state index in [2.05, 4.69) is 0 Å². The molecule has 2 N–H and O–H groups in total. The Morgan fingerprint density at radius 1 is 0.680 bits per heavy atom. The van der Waals surface area contributed by atoms with Gasteiger partial charge in [-0.05, 0) is 18.6 Å². The van der Waals surface area contributed by atoms with Crippen LogP contribution < -0.4 is 0 Å². The summed E-state index contributed by atoms with van der Waals surface area (Å²) in [6.45, 7) is 1.79. The number of hydrogen-bond donors (Lipinski definition) is 2. The SMILES string of the molecule is Cc1ccccc1C(=O)c1cc(C(=O)c2ccccc2)c(O)cc1O. The van der Waals surface area contributed by atoms with E-state index in [9.17, 15) is 19.8 Å². The van der Waals surface area contributed by atoms with Gasteiger partial charge in [-0.15, -0.1) is 0 Å². The zero-order valence-corrected chi connectivity index (χ0v) is 13.6. The molecule has 0 aliphatic rings. The fraction of sp³-hybridized carbons (Fsp3) is 0.0476. The number of carbonyl (C=O) groups is 2. The lowest BCUT2D eigenvalue weighted by atomic mass is 9.94. The number of rotatable bonds is 4. The number of phenolic OH excluding ortho intramolecular Hbond substituents is 2. The summed E-state index contributed by atoms with van der Waals surface area (Å²) in [7, 11) is 0. The Labute approximate surface area is 145 Å². The average Bonchev–Trinajstić information content (AvgIpc) is 2.62. The minimum Gasteiger partial charge on any atom is -0.507 e. The molecule has 0 atom stereocenters. The quantitative estimate of drug-likeness (QED) is 0.711. The van der Waals surface area contributed by atoms with Crippen LogP contribution >= 0.6 is 0 Å². The fourth-order valence-corrected chi connectivity index (χ4v) is 2.66. The summed E-state index contributed by atoms with van der Waals surface area (Å²) in [5.41, 5.74) is 1.53. The Morgan fingerprint density at radius 2 is 1.24 bits per heavy atom. The van der Waals surface area contributed by atoms with Crippen LogP contribution in [0.2, 0.25) is 0 Å². The van der Waals surface area contributed by atoms with Crippen molar-refractivity contribution in [1.82, 2.24) is 0 Å². The van der Waals surface area contributed by atoms with Gasteiger partial charge in [-0.1, -0.05) is 54.6 Å². The molecule has 0 radical (unpaired) electrons. The first-order chi connectivity index (χ1) is 12.0. The highest BCUT2D eigenvalue weighted by Crippen LogP contribution is 2.31. The third-order valence-electron chi connectivity index (χ3n) is 4.03.